The molecule has 1 N–H and O–H groups in total. The first-order chi connectivity index (χ1) is 8.69. The van der Waals surface area contributed by atoms with Gasteiger partial charge < -0.3 is 10.1 Å². The van der Waals surface area contributed by atoms with Crippen molar-refractivity contribution in [2.75, 3.05) is 7.11 Å². The van der Waals surface area contributed by atoms with Gasteiger partial charge in [0.15, 0.2) is 6.04 Å². The van der Waals surface area contributed by atoms with Crippen molar-refractivity contribution in [2.45, 2.75) is 18.9 Å². The molecule has 1 atom stereocenters. The number of hydrogen-bond donors (Lipinski definition) is 1. The maximum absolute atomic E-state index is 11.6. The Morgan fingerprint density at radius 2 is 2.06 bits per heavy atom. The molecule has 0 radical (unpaired) electrons. The highest BCUT2D eigenvalue weighted by atomic mass is 16.5. The molecule has 4 nitrogen and oxygen atoms in total. The van der Waals surface area contributed by atoms with Crippen LogP contribution in [0.15, 0.2) is 30.3 Å². The number of nitrogens with one attached hydrogen (secondary N) is 1. The molecule has 1 rings (SSSR count). The quantitative estimate of drug-likeness (QED) is 0.630. The van der Waals surface area contributed by atoms with Crippen LogP contribution in [0.4, 0.5) is 0 Å². The molecule has 0 spiro atoms. The van der Waals surface area contributed by atoms with Gasteiger partial charge >= 0.3 is 5.97 Å². The van der Waals surface area contributed by atoms with E-state index in [1.54, 1.807) is 24.3 Å². The van der Waals surface area contributed by atoms with Gasteiger partial charge in [-0.2, -0.15) is 0 Å². The van der Waals surface area contributed by atoms with Crippen molar-refractivity contribution in [3.63, 3.8) is 0 Å². The van der Waals surface area contributed by atoms with E-state index in [2.05, 4.69) is 16.0 Å². The molecule has 4 heteroatoms. The molecule has 0 fully saturated rings. The molecular formula is C14H15NO3. The lowest BCUT2D eigenvalue weighted by Gasteiger charge is -2.16. The van der Waals surface area contributed by atoms with E-state index < -0.39 is 12.0 Å². The van der Waals surface area contributed by atoms with E-state index in [1.807, 2.05) is 6.07 Å². The number of hydrogen-bond acceptors (Lipinski definition) is 3. The number of terminal acetylenes is 1. The van der Waals surface area contributed by atoms with Gasteiger partial charge in [0.2, 0.25) is 5.91 Å². The summed E-state index contributed by atoms with van der Waals surface area (Å²) < 4.78 is 4.68. The Labute approximate surface area is 106 Å². The van der Waals surface area contributed by atoms with Crippen LogP contribution in [0.3, 0.4) is 0 Å². The Balaban J connectivity index is 2.78. The van der Waals surface area contributed by atoms with Gasteiger partial charge in [-0.05, 0) is 5.56 Å². The highest BCUT2D eigenvalue weighted by molar-refractivity contribution is 5.85. The minimum atomic E-state index is -0.790. The lowest BCUT2D eigenvalue weighted by molar-refractivity contribution is -0.145. The van der Waals surface area contributed by atoms with Gasteiger partial charge in [0, 0.05) is 12.8 Å². The van der Waals surface area contributed by atoms with E-state index in [0.29, 0.717) is 12.0 Å². The van der Waals surface area contributed by atoms with Crippen molar-refractivity contribution in [2.24, 2.45) is 0 Å². The van der Waals surface area contributed by atoms with Crippen molar-refractivity contribution >= 4 is 11.9 Å². The number of esters is 1. The summed E-state index contributed by atoms with van der Waals surface area (Å²) >= 11 is 0. The molecule has 0 heterocycles. The van der Waals surface area contributed by atoms with Crippen molar-refractivity contribution in [3.8, 4) is 12.3 Å². The smallest absolute Gasteiger partial charge is 0.333 e. The first-order valence-electron chi connectivity index (χ1n) is 5.54. The predicted molar refractivity (Wildman–Crippen MR) is 67.4 cm³/mol. The zero-order valence-electron chi connectivity index (χ0n) is 10.2. The Bertz CT molecular complexity index is 448. The summed E-state index contributed by atoms with van der Waals surface area (Å²) in [6, 6.07) is 8.13. The number of methoxy groups -OCH3 is 1. The van der Waals surface area contributed by atoms with E-state index in [0.717, 1.165) is 0 Å². The van der Waals surface area contributed by atoms with Crippen LogP contribution in [0.2, 0.25) is 0 Å². The molecule has 0 aliphatic carbocycles. The molecule has 0 saturated carbocycles. The summed E-state index contributed by atoms with van der Waals surface area (Å²) in [6.45, 7) is 0. The number of carbonyl (C=O) groups excluding carboxylic acids is 2. The van der Waals surface area contributed by atoms with E-state index in [9.17, 15) is 9.59 Å². The second-order valence-electron chi connectivity index (χ2n) is 3.64. The van der Waals surface area contributed by atoms with Crippen LogP contribution in [-0.2, 0) is 14.3 Å². The molecule has 1 aromatic carbocycles. The molecule has 0 aliphatic heterocycles. The zero-order chi connectivity index (χ0) is 13.4. The van der Waals surface area contributed by atoms with Gasteiger partial charge in [-0.3, -0.25) is 4.79 Å². The minimum Gasteiger partial charge on any atom is -0.467 e. The first-order valence-corrected chi connectivity index (χ1v) is 5.54. The second-order valence-corrected chi connectivity index (χ2v) is 3.64. The fourth-order valence-corrected chi connectivity index (χ4v) is 1.46. The van der Waals surface area contributed by atoms with Crippen LogP contribution in [0.25, 0.3) is 0 Å². The second kappa shape index (κ2) is 7.13. The average Bonchev–Trinajstić information content (AvgIpc) is 2.42. The van der Waals surface area contributed by atoms with Gasteiger partial charge in [-0.25, -0.2) is 4.79 Å². The SMILES string of the molecule is C#CCCC(=O)NC(C(=O)OC)c1ccccc1. The Morgan fingerprint density at radius 3 is 2.61 bits per heavy atom. The molecular weight excluding hydrogens is 230 g/mol. The number of amides is 1. The van der Waals surface area contributed by atoms with Crippen molar-refractivity contribution < 1.29 is 14.3 Å². The summed E-state index contributed by atoms with van der Waals surface area (Å²) in [5, 5.41) is 2.61. The summed E-state index contributed by atoms with van der Waals surface area (Å²) in [7, 11) is 1.28. The van der Waals surface area contributed by atoms with Crippen LogP contribution in [-0.4, -0.2) is 19.0 Å². The van der Waals surface area contributed by atoms with Gasteiger partial charge in [0.25, 0.3) is 0 Å². The molecule has 18 heavy (non-hydrogen) atoms. The third kappa shape index (κ3) is 3.95. The Morgan fingerprint density at radius 1 is 1.39 bits per heavy atom. The van der Waals surface area contributed by atoms with E-state index in [4.69, 9.17) is 6.42 Å². The fourth-order valence-electron chi connectivity index (χ4n) is 1.46. The van der Waals surface area contributed by atoms with Crippen LogP contribution >= 0.6 is 0 Å². The number of benzene rings is 1. The Hall–Kier alpha value is -2.28. The number of ether oxygens (including phenoxy) is 1. The van der Waals surface area contributed by atoms with Gasteiger partial charge in [0.1, 0.15) is 0 Å². The molecule has 0 aliphatic rings. The largest absolute Gasteiger partial charge is 0.467 e. The van der Waals surface area contributed by atoms with E-state index in [-0.39, 0.29) is 12.3 Å². The average molecular weight is 245 g/mol. The summed E-state index contributed by atoms with van der Waals surface area (Å²) in [5.41, 5.74) is 0.679. The van der Waals surface area contributed by atoms with Crippen molar-refractivity contribution in [1.82, 2.24) is 5.32 Å². The molecule has 94 valence electrons. The zero-order valence-corrected chi connectivity index (χ0v) is 10.2. The number of carbonyl (C=O) groups is 2. The normalized spacial score (nSPS) is 11.1. The lowest BCUT2D eigenvalue weighted by Crippen LogP contribution is -2.34. The van der Waals surface area contributed by atoms with Gasteiger partial charge in [-0.1, -0.05) is 30.3 Å². The monoisotopic (exact) mass is 245 g/mol. The van der Waals surface area contributed by atoms with Gasteiger partial charge in [0.05, 0.1) is 7.11 Å². The summed E-state index contributed by atoms with van der Waals surface area (Å²) in [4.78, 5) is 23.2. The molecule has 0 aromatic heterocycles. The maximum atomic E-state index is 11.6. The summed E-state index contributed by atoms with van der Waals surface area (Å²) in [6.07, 6.45) is 5.62. The topological polar surface area (TPSA) is 55.4 Å². The maximum Gasteiger partial charge on any atom is 0.333 e. The van der Waals surface area contributed by atoms with E-state index in [1.165, 1.54) is 7.11 Å². The standard InChI is InChI=1S/C14H15NO3/c1-3-4-10-12(16)15-13(14(17)18-2)11-8-6-5-7-9-11/h1,5-9,13H,4,10H2,2H3,(H,15,16). The molecule has 0 saturated heterocycles. The fraction of sp³-hybridized carbons (Fsp3) is 0.286. The lowest BCUT2D eigenvalue weighted by atomic mass is 10.1. The molecule has 1 amide bonds. The molecule has 0 bridgehead atoms. The first kappa shape index (κ1) is 13.8. The van der Waals surface area contributed by atoms with Gasteiger partial charge in [-0.15, -0.1) is 12.3 Å². The van der Waals surface area contributed by atoms with Crippen LogP contribution < -0.4 is 5.32 Å². The molecule has 1 unspecified atom stereocenters. The van der Waals surface area contributed by atoms with Crippen molar-refractivity contribution in [1.29, 1.82) is 0 Å². The predicted octanol–water partition coefficient (Wildman–Crippen LogP) is 1.43. The third-order valence-electron chi connectivity index (χ3n) is 2.37. The Kier molecular flexibility index (Phi) is 5.46. The third-order valence-corrected chi connectivity index (χ3v) is 2.37. The highest BCUT2D eigenvalue weighted by Gasteiger charge is 2.22. The van der Waals surface area contributed by atoms with Crippen LogP contribution in [0.5, 0.6) is 0 Å². The summed E-state index contributed by atoms with van der Waals surface area (Å²) in [5.74, 6) is 1.60. The minimum absolute atomic E-state index is 0.191. The number of rotatable bonds is 5. The van der Waals surface area contributed by atoms with Crippen molar-refractivity contribution in [3.05, 3.63) is 35.9 Å². The molecule has 1 aromatic rings. The highest BCUT2D eigenvalue weighted by Crippen LogP contribution is 2.14. The van der Waals surface area contributed by atoms with Crippen LogP contribution in [0.1, 0.15) is 24.4 Å². The van der Waals surface area contributed by atoms with Crippen LogP contribution in [0, 0.1) is 12.3 Å². The van der Waals surface area contributed by atoms with E-state index >= 15 is 0 Å².